The van der Waals surface area contributed by atoms with Crippen LogP contribution in [-0.4, -0.2) is 24.3 Å². The fraction of sp³-hybridized carbons (Fsp3) is 0.840. The van der Waals surface area contributed by atoms with Crippen LogP contribution in [0.2, 0.25) is 0 Å². The van der Waals surface area contributed by atoms with Crippen molar-refractivity contribution in [1.29, 1.82) is 0 Å². The second kappa shape index (κ2) is 6.52. The molecular weight excluding hydrogens is 348 g/mol. The number of allylic oxidation sites excluding steroid dienone is 2. The van der Waals surface area contributed by atoms with E-state index in [0.29, 0.717) is 35.3 Å². The molecule has 0 saturated heterocycles. The molecule has 28 heavy (non-hydrogen) atoms. The molecule has 3 saturated carbocycles. The molecule has 0 heterocycles. The molecule has 156 valence electrons. The molecule has 3 nitrogen and oxygen atoms in total. The van der Waals surface area contributed by atoms with E-state index >= 15 is 0 Å². The number of hydrogen-bond acceptors (Lipinski definition) is 3. The minimum atomic E-state index is -0.271. The number of rotatable bonds is 3. The lowest BCUT2D eigenvalue weighted by Gasteiger charge is -2.69. The van der Waals surface area contributed by atoms with E-state index in [-0.39, 0.29) is 22.2 Å². The first kappa shape index (κ1) is 20.3. The molecule has 0 unspecified atom stereocenters. The largest absolute Gasteiger partial charge is 0.396 e. The summed E-state index contributed by atoms with van der Waals surface area (Å²) in [5, 5.41) is 10.8. The monoisotopic (exact) mass is 386 g/mol. The van der Waals surface area contributed by atoms with Gasteiger partial charge in [0.2, 0.25) is 0 Å². The Morgan fingerprint density at radius 2 is 1.64 bits per heavy atom. The first-order valence-electron chi connectivity index (χ1n) is 11.4. The molecular formula is C25H38O3. The molecule has 0 spiro atoms. The third kappa shape index (κ3) is 2.44. The summed E-state index contributed by atoms with van der Waals surface area (Å²) in [6.45, 7) is 9.85. The second-order valence-electron chi connectivity index (χ2n) is 11.7. The topological polar surface area (TPSA) is 54.4 Å². The van der Waals surface area contributed by atoms with Crippen LogP contribution in [0, 0.1) is 45.3 Å². The summed E-state index contributed by atoms with van der Waals surface area (Å²) in [5.74, 6) is 1.24. The van der Waals surface area contributed by atoms with Crippen LogP contribution < -0.4 is 0 Å². The van der Waals surface area contributed by atoms with Crippen molar-refractivity contribution in [2.24, 2.45) is 45.3 Å². The Labute approximate surface area is 170 Å². The highest BCUT2D eigenvalue weighted by molar-refractivity contribution is 5.82. The Balaban J connectivity index is 1.78. The number of hydrogen-bond donors (Lipinski definition) is 1. The van der Waals surface area contributed by atoms with Gasteiger partial charge in [0.05, 0.1) is 0 Å². The number of aliphatic hydroxyl groups is 1. The van der Waals surface area contributed by atoms with Gasteiger partial charge in [0.1, 0.15) is 12.6 Å². The van der Waals surface area contributed by atoms with Crippen molar-refractivity contribution in [3.63, 3.8) is 0 Å². The highest BCUT2D eigenvalue weighted by Gasteiger charge is 2.66. The van der Waals surface area contributed by atoms with Crippen molar-refractivity contribution in [2.45, 2.75) is 79.1 Å². The van der Waals surface area contributed by atoms with Gasteiger partial charge in [-0.3, -0.25) is 4.79 Å². The van der Waals surface area contributed by atoms with E-state index in [0.717, 1.165) is 38.3 Å². The Hall–Kier alpha value is -0.960. The van der Waals surface area contributed by atoms with Gasteiger partial charge < -0.3 is 9.90 Å². The number of aliphatic hydroxyl groups excluding tert-OH is 1. The summed E-state index contributed by atoms with van der Waals surface area (Å²) in [4.78, 5) is 23.7. The molecule has 0 amide bonds. The van der Waals surface area contributed by atoms with Gasteiger partial charge in [-0.15, -0.1) is 0 Å². The fourth-order valence-corrected chi connectivity index (χ4v) is 9.13. The zero-order chi connectivity index (χ0) is 20.4. The van der Waals surface area contributed by atoms with Crippen LogP contribution in [0.5, 0.6) is 0 Å². The minimum Gasteiger partial charge on any atom is -0.396 e. The van der Waals surface area contributed by atoms with E-state index in [9.17, 15) is 14.7 Å². The molecule has 4 aliphatic carbocycles. The van der Waals surface area contributed by atoms with Crippen molar-refractivity contribution in [3.05, 3.63) is 11.6 Å². The SMILES string of the molecule is CC1(C)CCC[C@@]2(CO)[C@H]1CC[C@@]1(C)[C@@H]3CC=C(C=O)[C@H](C=O)[C@@]3(C)CC[C@@H]12. The zero-order valence-corrected chi connectivity index (χ0v) is 18.2. The first-order valence-corrected chi connectivity index (χ1v) is 11.4. The average Bonchev–Trinajstić information content (AvgIpc) is 2.65. The second-order valence-corrected chi connectivity index (χ2v) is 11.7. The van der Waals surface area contributed by atoms with Gasteiger partial charge >= 0.3 is 0 Å². The quantitative estimate of drug-likeness (QED) is 0.697. The predicted octanol–water partition coefficient (Wildman–Crippen LogP) is 4.97. The molecule has 4 aliphatic rings. The normalized spacial score (nSPS) is 49.8. The number of carbonyl (C=O) groups is 2. The summed E-state index contributed by atoms with van der Waals surface area (Å²) < 4.78 is 0. The van der Waals surface area contributed by atoms with Gasteiger partial charge in [-0.05, 0) is 84.5 Å². The van der Waals surface area contributed by atoms with Crippen LogP contribution in [0.4, 0.5) is 0 Å². The molecule has 3 heteroatoms. The maximum Gasteiger partial charge on any atom is 0.146 e. The number of carbonyl (C=O) groups excluding carboxylic acids is 2. The van der Waals surface area contributed by atoms with Crippen LogP contribution in [0.3, 0.4) is 0 Å². The molecule has 0 aromatic carbocycles. The molecule has 1 N–H and O–H groups in total. The predicted molar refractivity (Wildman–Crippen MR) is 111 cm³/mol. The van der Waals surface area contributed by atoms with Gasteiger partial charge in [-0.2, -0.15) is 0 Å². The van der Waals surface area contributed by atoms with Crippen molar-refractivity contribution >= 4 is 12.6 Å². The van der Waals surface area contributed by atoms with Crippen LogP contribution in [0.1, 0.15) is 79.1 Å². The van der Waals surface area contributed by atoms with E-state index in [4.69, 9.17) is 0 Å². The van der Waals surface area contributed by atoms with E-state index in [1.807, 2.05) is 0 Å². The van der Waals surface area contributed by atoms with E-state index in [1.165, 1.54) is 25.7 Å². The van der Waals surface area contributed by atoms with Crippen molar-refractivity contribution in [3.8, 4) is 0 Å². The Bertz CT molecular complexity index is 694. The van der Waals surface area contributed by atoms with Gasteiger partial charge in [-0.1, -0.05) is 40.2 Å². The van der Waals surface area contributed by atoms with Crippen LogP contribution in [0.15, 0.2) is 11.6 Å². The van der Waals surface area contributed by atoms with Crippen molar-refractivity contribution in [2.75, 3.05) is 6.61 Å². The lowest BCUT2D eigenvalue weighted by molar-refractivity contribution is -0.216. The molecule has 0 aromatic rings. The van der Waals surface area contributed by atoms with Gasteiger partial charge in [0.25, 0.3) is 0 Å². The van der Waals surface area contributed by atoms with Gasteiger partial charge in [0.15, 0.2) is 0 Å². The number of aldehydes is 2. The molecule has 0 bridgehead atoms. The van der Waals surface area contributed by atoms with Crippen LogP contribution in [-0.2, 0) is 9.59 Å². The van der Waals surface area contributed by atoms with E-state index < -0.39 is 0 Å². The highest BCUT2D eigenvalue weighted by Crippen LogP contribution is 2.72. The third-order valence-corrected chi connectivity index (χ3v) is 10.4. The Morgan fingerprint density at radius 3 is 2.29 bits per heavy atom. The lowest BCUT2D eigenvalue weighted by atomic mass is 9.35. The lowest BCUT2D eigenvalue weighted by Crippen LogP contribution is -2.64. The highest BCUT2D eigenvalue weighted by atomic mass is 16.3. The smallest absolute Gasteiger partial charge is 0.146 e. The van der Waals surface area contributed by atoms with E-state index in [1.54, 1.807) is 0 Å². The standard InChI is InChI=1S/C25H38O3/c1-22(2)10-5-11-25(16-28)19(22)8-13-24(4)20-7-6-17(14-26)18(15-27)23(20,3)12-9-21(24)25/h6,14-15,18-21,28H,5,7-13,16H2,1-4H3/t18-,19-,20+,21-,23+,24-,25+/m0/s1. The molecule has 0 radical (unpaired) electrons. The summed E-state index contributed by atoms with van der Waals surface area (Å²) >= 11 is 0. The summed E-state index contributed by atoms with van der Waals surface area (Å²) in [6, 6.07) is 0. The van der Waals surface area contributed by atoms with E-state index in [2.05, 4.69) is 33.8 Å². The Morgan fingerprint density at radius 1 is 0.964 bits per heavy atom. The molecule has 4 rings (SSSR count). The average molecular weight is 387 g/mol. The number of fused-ring (bicyclic) bond motifs is 5. The summed E-state index contributed by atoms with van der Waals surface area (Å²) in [6.07, 6.45) is 13.0. The third-order valence-electron chi connectivity index (χ3n) is 10.4. The maximum absolute atomic E-state index is 12.0. The first-order chi connectivity index (χ1) is 13.2. The molecule has 3 fully saturated rings. The zero-order valence-electron chi connectivity index (χ0n) is 18.2. The van der Waals surface area contributed by atoms with Gasteiger partial charge in [-0.25, -0.2) is 0 Å². The van der Waals surface area contributed by atoms with Crippen LogP contribution >= 0.6 is 0 Å². The molecule has 0 aliphatic heterocycles. The van der Waals surface area contributed by atoms with Crippen molar-refractivity contribution in [1.82, 2.24) is 0 Å². The minimum absolute atomic E-state index is 0.0292. The van der Waals surface area contributed by atoms with Crippen LogP contribution in [0.25, 0.3) is 0 Å². The fourth-order valence-electron chi connectivity index (χ4n) is 9.13. The van der Waals surface area contributed by atoms with Gasteiger partial charge in [0, 0.05) is 17.9 Å². The molecule has 0 aromatic heterocycles. The summed E-state index contributed by atoms with van der Waals surface area (Å²) in [7, 11) is 0. The Kier molecular flexibility index (Phi) is 4.73. The summed E-state index contributed by atoms with van der Waals surface area (Å²) in [5.41, 5.74) is 1.02. The maximum atomic E-state index is 12.0. The van der Waals surface area contributed by atoms with Crippen molar-refractivity contribution < 1.29 is 14.7 Å². The molecule has 7 atom stereocenters.